The Balaban J connectivity index is 0.000000200. The Morgan fingerprint density at radius 3 is 1.23 bits per heavy atom. The van der Waals surface area contributed by atoms with Crippen LogP contribution >= 0.6 is 0 Å². The average molecular weight is 1780 g/mol. The maximum atomic E-state index is 12.9. The van der Waals surface area contributed by atoms with E-state index in [4.69, 9.17) is 34.6 Å². The SMILES string of the molecule is CCCC(CC(=O)O)C(=O)Cn1cnc2c(=O)[nH]c(NC(=O)OC(c3ccccc3)c3ccccc3)nc21.CCCN(CC(=O)O)C(=O)Cn1cc(C)c(=O)[nH]c1=O.CCCN(CC(=O)O)C(=O)Cn1ccc(NC(=O)OC(c2ccccc2)c2ccccc2)nc1=O.CCCN(CC(=O)O)C(=O)Cn1cnc2c(NC(=O)OC(c3ccccc3)c3ccccc3)nccc21. The van der Waals surface area contributed by atoms with Crippen molar-refractivity contribution in [2.45, 2.75) is 118 Å². The standard InChI is InChI=1S/C27H27N5O6.C27H27N5O5.C25H26N4O6.C12H17N3O5/c1-2-9-19(14-21(34)35)20(33)15-32-16-28-22-24(32)29-26(30-25(22)36)31-27(37)38-23(17-10-5-3-6-11-17)18-12-7-4-8-13-18;1-2-15-31(17-23(34)35)22(33)16-32-18-29-24-21(32)13-14-28-26(24)30-27(36)37-25(19-9-5-3-6-10-19)20-11-7-4-8-12-20;1-2-14-28(17-22(31)32)21(30)16-29-15-13-20(26-24(29)33)27-25(34)35-23(18-9-5-3-6-10-18)19-11-7-4-8-12-19;1-3-4-14(7-10(17)18)9(16)6-15-5-8(2)11(19)13-12(15)20/h3-8,10-13,16,19,23H,2,9,14-15H2,1H3,(H,34,35)(H2,29,30,31,36,37);3-14,18,25H,2,15-17H2,1H3,(H,34,35)(H,28,30,36);3-13,15,23H,2,14,16-17H2,1H3,(H,31,32)(H,26,27,33,34);5H,3-4,6-7H2,1-2H3,(H,17,18)(H,13,19,20). The van der Waals surface area contributed by atoms with E-state index < -0.39 is 114 Å². The fourth-order valence-electron chi connectivity index (χ4n) is 13.3. The number of aromatic nitrogens is 11. The summed E-state index contributed by atoms with van der Waals surface area (Å²) in [6.45, 7) is 7.56. The number of Topliss-reactive ketones (excluding diaryl/α,β-unsaturated/α-hetero) is 1. The van der Waals surface area contributed by atoms with Crippen molar-refractivity contribution in [1.82, 2.24) is 67.9 Å². The van der Waals surface area contributed by atoms with Crippen LogP contribution < -0.4 is 38.4 Å². The van der Waals surface area contributed by atoms with Crippen molar-refractivity contribution in [1.29, 1.82) is 0 Å². The lowest BCUT2D eigenvalue weighted by molar-refractivity contribution is -0.144. The van der Waals surface area contributed by atoms with Crippen molar-refractivity contribution in [3.8, 4) is 0 Å². The topological polar surface area (TPSA) is 526 Å². The summed E-state index contributed by atoms with van der Waals surface area (Å²) in [5, 5.41) is 43.6. The number of carbonyl (C=O) groups excluding carboxylic acids is 7. The first-order valence-corrected chi connectivity index (χ1v) is 41.1. The minimum atomic E-state index is -1.14. The van der Waals surface area contributed by atoms with E-state index in [9.17, 15) is 71.9 Å². The third-order valence-electron chi connectivity index (χ3n) is 19.3. The predicted molar refractivity (Wildman–Crippen MR) is 474 cm³/mol. The first-order chi connectivity index (χ1) is 62.5. The van der Waals surface area contributed by atoms with Crippen LogP contribution in [-0.2, 0) is 78.7 Å². The monoisotopic (exact) mass is 1780 g/mol. The highest BCUT2D eigenvalue weighted by Gasteiger charge is 2.28. The molecule has 0 aliphatic carbocycles. The third kappa shape index (κ3) is 29.1. The second-order valence-electron chi connectivity index (χ2n) is 29.2. The zero-order chi connectivity index (χ0) is 93.8. The number of rotatable bonds is 37. The third-order valence-corrected chi connectivity index (χ3v) is 19.3. The van der Waals surface area contributed by atoms with Gasteiger partial charge in [-0.25, -0.2) is 38.9 Å². The molecule has 0 saturated carbocycles. The molecule has 0 fully saturated rings. The number of aryl methyl sites for hydroxylation is 1. The average Bonchev–Trinajstić information content (AvgIpc) is 1.66. The van der Waals surface area contributed by atoms with Crippen LogP contribution in [-0.4, -0.2) is 193 Å². The first kappa shape index (κ1) is 97.4. The fraction of sp³-hybridized carbons (Fsp3) is 0.275. The van der Waals surface area contributed by atoms with Crippen molar-refractivity contribution in [2.24, 2.45) is 5.92 Å². The van der Waals surface area contributed by atoms with Crippen LogP contribution in [0.3, 0.4) is 0 Å². The minimum Gasteiger partial charge on any atom is -0.481 e. The molecule has 12 aromatic rings. The van der Waals surface area contributed by atoms with Gasteiger partial charge in [-0.15, -0.1) is 0 Å². The number of carbonyl (C=O) groups is 11. The van der Waals surface area contributed by atoms with Gasteiger partial charge in [0.2, 0.25) is 23.7 Å². The number of pyridine rings is 1. The first-order valence-electron chi connectivity index (χ1n) is 41.1. The molecule has 6 amide bonds. The highest BCUT2D eigenvalue weighted by atomic mass is 16.6. The molecule has 12 rings (SSSR count). The lowest BCUT2D eigenvalue weighted by Gasteiger charge is -2.20. The van der Waals surface area contributed by atoms with Crippen molar-refractivity contribution in [2.75, 3.05) is 55.2 Å². The number of imidazole rings is 2. The molecule has 0 aliphatic rings. The van der Waals surface area contributed by atoms with Gasteiger partial charge < -0.3 is 58.5 Å². The number of aliphatic carboxylic acids is 4. The molecule has 130 heavy (non-hydrogen) atoms. The van der Waals surface area contributed by atoms with E-state index in [1.807, 2.05) is 210 Å². The summed E-state index contributed by atoms with van der Waals surface area (Å²) in [6, 6.07) is 58.7. The van der Waals surface area contributed by atoms with Gasteiger partial charge in [-0.3, -0.25) is 83.0 Å². The largest absolute Gasteiger partial charge is 0.481 e. The van der Waals surface area contributed by atoms with E-state index in [0.29, 0.717) is 61.8 Å². The number of hydrogen-bond acceptors (Lipinski definition) is 23. The quantitative estimate of drug-likeness (QED) is 0.0163. The van der Waals surface area contributed by atoms with Gasteiger partial charge >= 0.3 is 53.5 Å². The number of nitrogens with one attached hydrogen (secondary N) is 5. The van der Waals surface area contributed by atoms with Crippen LogP contribution in [0, 0.1) is 12.8 Å². The fourth-order valence-corrected chi connectivity index (χ4v) is 13.3. The highest BCUT2D eigenvalue weighted by molar-refractivity contribution is 5.96. The van der Waals surface area contributed by atoms with Crippen LogP contribution in [0.15, 0.2) is 245 Å². The summed E-state index contributed by atoms with van der Waals surface area (Å²) in [4.78, 5) is 209. The number of aromatic amines is 2. The van der Waals surface area contributed by atoms with Crippen molar-refractivity contribution < 1.29 is 87.4 Å². The maximum Gasteiger partial charge on any atom is 0.414 e. The normalized spacial score (nSPS) is 11.0. The molecule has 39 nitrogen and oxygen atoms in total. The molecule has 39 heteroatoms. The Labute approximate surface area is 742 Å². The number of H-pyrrole nitrogens is 2. The molecular weight excluding hydrogens is 1680 g/mol. The van der Waals surface area contributed by atoms with Gasteiger partial charge in [-0.05, 0) is 78.1 Å². The van der Waals surface area contributed by atoms with E-state index in [0.717, 1.165) is 52.3 Å². The van der Waals surface area contributed by atoms with Crippen molar-refractivity contribution >= 4 is 105 Å². The van der Waals surface area contributed by atoms with Gasteiger partial charge in [0, 0.05) is 49.7 Å². The van der Waals surface area contributed by atoms with Crippen LogP contribution in [0.4, 0.5) is 32.0 Å². The van der Waals surface area contributed by atoms with Crippen LogP contribution in [0.1, 0.15) is 123 Å². The number of carboxylic acid groups (broad SMARTS) is 4. The Hall–Kier alpha value is -16.4. The maximum absolute atomic E-state index is 12.9. The Morgan fingerprint density at radius 1 is 0.423 bits per heavy atom. The van der Waals surface area contributed by atoms with Crippen molar-refractivity contribution in [3.63, 3.8) is 0 Å². The number of nitrogens with zero attached hydrogens (tertiary/aromatic N) is 12. The second-order valence-corrected chi connectivity index (χ2v) is 29.2. The zero-order valence-corrected chi connectivity index (χ0v) is 71.5. The van der Waals surface area contributed by atoms with Crippen LogP contribution in [0.5, 0.6) is 0 Å². The molecule has 0 spiro atoms. The molecule has 678 valence electrons. The van der Waals surface area contributed by atoms with Crippen molar-refractivity contribution in [3.05, 3.63) is 306 Å². The molecule has 6 aromatic heterocycles. The van der Waals surface area contributed by atoms with Gasteiger partial charge in [-0.1, -0.05) is 216 Å². The van der Waals surface area contributed by atoms with Crippen LogP contribution in [0.25, 0.3) is 22.2 Å². The van der Waals surface area contributed by atoms with Gasteiger partial charge in [0.25, 0.3) is 11.1 Å². The number of fused-ring (bicyclic) bond motifs is 2. The number of benzene rings is 6. The van der Waals surface area contributed by atoms with E-state index >= 15 is 0 Å². The summed E-state index contributed by atoms with van der Waals surface area (Å²) in [7, 11) is 0. The number of ether oxygens (including phenoxy) is 3. The minimum absolute atomic E-state index is 0.0200. The number of anilines is 3. The molecule has 0 saturated heterocycles. The van der Waals surface area contributed by atoms with E-state index in [1.54, 1.807) is 10.6 Å². The Morgan fingerprint density at radius 2 is 0.823 bits per heavy atom. The summed E-state index contributed by atoms with van der Waals surface area (Å²) >= 11 is 0. The molecule has 0 aliphatic heterocycles. The van der Waals surface area contributed by atoms with E-state index in [2.05, 4.69) is 50.8 Å². The van der Waals surface area contributed by atoms with Gasteiger partial charge in [-0.2, -0.15) is 9.97 Å². The molecule has 6 heterocycles. The Bertz CT molecular complexity index is 6020. The van der Waals surface area contributed by atoms with E-state index in [-0.39, 0.29) is 86.1 Å². The lowest BCUT2D eigenvalue weighted by Crippen LogP contribution is -2.41. The summed E-state index contributed by atoms with van der Waals surface area (Å²) in [5.74, 6) is -6.75. The van der Waals surface area contributed by atoms with Crippen LogP contribution in [0.2, 0.25) is 0 Å². The summed E-state index contributed by atoms with van der Waals surface area (Å²) in [5.41, 5.74) is 3.40. The molecular formula is C91H97N17O22. The number of amides is 6. The predicted octanol–water partition coefficient (Wildman–Crippen LogP) is 10.1. The second kappa shape index (κ2) is 48.8. The number of hydrogen-bond donors (Lipinski definition) is 9. The summed E-state index contributed by atoms with van der Waals surface area (Å²) in [6.07, 6.45) is 5.07. The smallest absolute Gasteiger partial charge is 0.414 e. The molecule has 9 N–H and O–H groups in total. The molecule has 0 radical (unpaired) electrons. The number of ketones is 1. The zero-order valence-electron chi connectivity index (χ0n) is 71.5. The van der Waals surface area contributed by atoms with E-state index in [1.165, 1.54) is 53.7 Å². The highest BCUT2D eigenvalue weighted by Crippen LogP contribution is 2.31. The Kier molecular flexibility index (Phi) is 36.5. The van der Waals surface area contributed by atoms with Gasteiger partial charge in [0.05, 0.1) is 31.1 Å². The molecule has 1 atom stereocenters. The lowest BCUT2D eigenvalue weighted by atomic mass is 9.95. The van der Waals surface area contributed by atoms with Gasteiger partial charge in [0.15, 0.2) is 41.1 Å². The molecule has 0 bridgehead atoms. The van der Waals surface area contributed by atoms with Gasteiger partial charge in [0.1, 0.15) is 50.6 Å². The molecule has 6 aromatic carbocycles. The number of carboxylic acids is 4. The molecule has 1 unspecified atom stereocenters. The summed E-state index contributed by atoms with van der Waals surface area (Å²) < 4.78 is 22.2.